The highest BCUT2D eigenvalue weighted by molar-refractivity contribution is 7.26. The van der Waals surface area contributed by atoms with E-state index in [0.29, 0.717) is 5.92 Å². The van der Waals surface area contributed by atoms with E-state index in [1.807, 2.05) is 23.5 Å². The molecule has 2 unspecified atom stereocenters. The molecule has 1 spiro atoms. The summed E-state index contributed by atoms with van der Waals surface area (Å²) in [5, 5.41) is 3.23. The number of benzene rings is 10. The maximum Gasteiger partial charge on any atom is 0.132 e. The third kappa shape index (κ3) is 6.32. The molecule has 2 atom stereocenters. The maximum atomic E-state index is 7.03. The summed E-state index contributed by atoms with van der Waals surface area (Å²) < 4.78 is 9.59. The van der Waals surface area contributed by atoms with Crippen LogP contribution in [0.5, 0.6) is 11.5 Å². The van der Waals surface area contributed by atoms with Crippen molar-refractivity contribution in [2.45, 2.75) is 24.7 Å². The van der Waals surface area contributed by atoms with Gasteiger partial charge in [0.1, 0.15) is 11.5 Å². The molecule has 0 fully saturated rings. The van der Waals surface area contributed by atoms with Crippen LogP contribution in [0.2, 0.25) is 5.02 Å². The van der Waals surface area contributed by atoms with Crippen molar-refractivity contribution in [2.75, 3.05) is 4.90 Å². The SMILES string of the molecule is CC1CC=Cc2cc(N(c3ccc4c(c3)C3(c5ccccc5O4)c4ccccc4-c4ccc(-c5ccc(Cl)cc5)cc43)c3cc(-c4ccc(-c5ccccc5)cc4)c4sc5ccccc5c4c3)ccc21. The summed E-state index contributed by atoms with van der Waals surface area (Å²) in [5.41, 5.74) is 19.5. The smallest absolute Gasteiger partial charge is 0.132 e. The number of nitrogens with zero attached hydrogens (tertiary/aromatic N) is 1. The molecule has 1 aromatic heterocycles. The lowest BCUT2D eigenvalue weighted by atomic mass is 9.65. The number of rotatable bonds is 6. The number of allylic oxidation sites excluding steroid dienone is 1. The number of ether oxygens (including phenoxy) is 1. The first kappa shape index (κ1) is 41.1. The second-order valence-corrected chi connectivity index (χ2v) is 20.4. The third-order valence-electron chi connectivity index (χ3n) is 15.0. The maximum absolute atomic E-state index is 7.03. The van der Waals surface area contributed by atoms with E-state index in [4.69, 9.17) is 16.3 Å². The van der Waals surface area contributed by atoms with E-state index in [1.165, 1.54) is 75.8 Å². The minimum Gasteiger partial charge on any atom is -0.457 e. The van der Waals surface area contributed by atoms with Crippen molar-refractivity contribution in [3.05, 3.63) is 263 Å². The Morgan fingerprint density at radius 3 is 2.01 bits per heavy atom. The van der Waals surface area contributed by atoms with Gasteiger partial charge in [-0.1, -0.05) is 176 Å². The molecular formula is C66H44ClNOS. The quantitative estimate of drug-likeness (QED) is 0.165. The van der Waals surface area contributed by atoms with Crippen LogP contribution in [0.15, 0.2) is 224 Å². The van der Waals surface area contributed by atoms with E-state index < -0.39 is 5.41 Å². The number of hydrogen-bond donors (Lipinski definition) is 0. The fraction of sp³-hybridized carbons (Fsp3) is 0.0606. The summed E-state index contributed by atoms with van der Waals surface area (Å²) in [5.74, 6) is 2.16. The van der Waals surface area contributed by atoms with Crippen molar-refractivity contribution in [1.82, 2.24) is 0 Å². The molecule has 0 bridgehead atoms. The van der Waals surface area contributed by atoms with Crippen molar-refractivity contribution >= 4 is 66.2 Å². The molecule has 2 nitrogen and oxygen atoms in total. The van der Waals surface area contributed by atoms with E-state index in [2.05, 4.69) is 230 Å². The molecule has 1 aliphatic heterocycles. The zero-order valence-electron chi connectivity index (χ0n) is 38.4. The number of hydrogen-bond acceptors (Lipinski definition) is 3. The normalized spacial score (nSPS) is 16.1. The van der Waals surface area contributed by atoms with Crippen LogP contribution in [-0.2, 0) is 5.41 Å². The van der Waals surface area contributed by atoms with Gasteiger partial charge < -0.3 is 9.64 Å². The molecule has 14 rings (SSSR count). The van der Waals surface area contributed by atoms with E-state index in [1.54, 1.807) is 0 Å². The van der Waals surface area contributed by atoms with Gasteiger partial charge in [0.2, 0.25) is 0 Å². The molecule has 3 aliphatic rings. The van der Waals surface area contributed by atoms with Crippen LogP contribution in [0.25, 0.3) is 70.8 Å². The Bertz CT molecular complexity index is 3930. The second-order valence-electron chi connectivity index (χ2n) is 18.9. The lowest BCUT2D eigenvalue weighted by Crippen LogP contribution is -2.32. The molecule has 2 aliphatic carbocycles. The van der Waals surface area contributed by atoms with Crippen molar-refractivity contribution < 1.29 is 4.74 Å². The highest BCUT2D eigenvalue weighted by atomic mass is 35.5. The van der Waals surface area contributed by atoms with Gasteiger partial charge in [0, 0.05) is 58.9 Å². The topological polar surface area (TPSA) is 12.5 Å². The summed E-state index contributed by atoms with van der Waals surface area (Å²) >= 11 is 8.32. The van der Waals surface area contributed by atoms with Crippen LogP contribution in [0, 0.1) is 0 Å². The van der Waals surface area contributed by atoms with Gasteiger partial charge in [-0.3, -0.25) is 0 Å². The monoisotopic (exact) mass is 933 g/mol. The summed E-state index contributed by atoms with van der Waals surface area (Å²) in [7, 11) is 0. The Morgan fingerprint density at radius 2 is 1.14 bits per heavy atom. The molecule has 11 aromatic rings. The second kappa shape index (κ2) is 16.1. The third-order valence-corrected chi connectivity index (χ3v) is 16.5. The molecule has 4 heteroatoms. The molecule has 0 saturated carbocycles. The Hall–Kier alpha value is -7.95. The first-order valence-corrected chi connectivity index (χ1v) is 25.3. The molecule has 0 amide bonds. The van der Waals surface area contributed by atoms with Crippen molar-refractivity contribution in [1.29, 1.82) is 0 Å². The largest absolute Gasteiger partial charge is 0.457 e. The Balaban J connectivity index is 1.03. The van der Waals surface area contributed by atoms with Gasteiger partial charge >= 0.3 is 0 Å². The summed E-state index contributed by atoms with van der Waals surface area (Å²) in [6.07, 6.45) is 5.68. The van der Waals surface area contributed by atoms with E-state index in [-0.39, 0.29) is 0 Å². The Kier molecular flexibility index (Phi) is 9.43. The average molecular weight is 935 g/mol. The fourth-order valence-corrected chi connectivity index (χ4v) is 13.1. The molecule has 332 valence electrons. The molecule has 0 saturated heterocycles. The van der Waals surface area contributed by atoms with Crippen molar-refractivity contribution in [2.24, 2.45) is 0 Å². The van der Waals surface area contributed by atoms with Gasteiger partial charge in [0.25, 0.3) is 0 Å². The molecule has 2 heterocycles. The minimum atomic E-state index is -0.687. The summed E-state index contributed by atoms with van der Waals surface area (Å²) in [6, 6.07) is 80.2. The first-order chi connectivity index (χ1) is 34.5. The summed E-state index contributed by atoms with van der Waals surface area (Å²) in [4.78, 5) is 2.49. The van der Waals surface area contributed by atoms with E-state index >= 15 is 0 Å². The number of anilines is 3. The van der Waals surface area contributed by atoms with Gasteiger partial charge in [0.15, 0.2) is 0 Å². The molecule has 0 radical (unpaired) electrons. The standard InChI is InChI=1S/C66H44ClNOS/c1-41-12-11-15-47-36-49(31-34-52(41)47)68(51-38-56(65-57(39-51)55-17-6-10-21-64(55)70-65)45-24-22-43(23-25-45)42-13-3-2-4-14-42)50-32-35-63-61(40-50)66(59-19-8-9-20-62(59)69-63)58-18-7-5-16-53(58)54-33-28-46(37-60(54)66)44-26-29-48(67)30-27-44/h2-11,13-41H,12H2,1H3. The molecule has 0 N–H and O–H groups in total. The van der Waals surface area contributed by atoms with E-state index in [0.717, 1.165) is 62.3 Å². The highest BCUT2D eigenvalue weighted by Crippen LogP contribution is 2.63. The van der Waals surface area contributed by atoms with Crippen molar-refractivity contribution in [3.63, 3.8) is 0 Å². The molecule has 70 heavy (non-hydrogen) atoms. The Morgan fingerprint density at radius 1 is 0.486 bits per heavy atom. The van der Waals surface area contributed by atoms with Gasteiger partial charge in [-0.2, -0.15) is 0 Å². The highest BCUT2D eigenvalue weighted by Gasteiger charge is 2.51. The fourth-order valence-electron chi connectivity index (χ4n) is 11.7. The van der Waals surface area contributed by atoms with Crippen LogP contribution in [0.4, 0.5) is 17.1 Å². The molecular weight excluding hydrogens is 890 g/mol. The minimum absolute atomic E-state index is 0.447. The van der Waals surface area contributed by atoms with Crippen LogP contribution in [0.3, 0.4) is 0 Å². The van der Waals surface area contributed by atoms with Gasteiger partial charge in [0.05, 0.1) is 5.41 Å². The number of para-hydroxylation sites is 1. The predicted molar refractivity (Wildman–Crippen MR) is 295 cm³/mol. The van der Waals surface area contributed by atoms with Crippen LogP contribution in [0.1, 0.15) is 52.6 Å². The lowest BCUT2D eigenvalue weighted by molar-refractivity contribution is 0.436. The lowest BCUT2D eigenvalue weighted by Gasteiger charge is -2.40. The molecule has 10 aromatic carbocycles. The van der Waals surface area contributed by atoms with E-state index in [9.17, 15) is 0 Å². The van der Waals surface area contributed by atoms with Crippen LogP contribution in [-0.4, -0.2) is 0 Å². The first-order valence-electron chi connectivity index (χ1n) is 24.1. The average Bonchev–Trinajstić information content (AvgIpc) is 3.93. The number of fused-ring (bicyclic) bond motifs is 13. The van der Waals surface area contributed by atoms with Crippen LogP contribution < -0.4 is 9.64 Å². The Labute approximate surface area is 417 Å². The van der Waals surface area contributed by atoms with Gasteiger partial charge in [-0.25, -0.2) is 0 Å². The van der Waals surface area contributed by atoms with Gasteiger partial charge in [-0.05, 0) is 146 Å². The van der Waals surface area contributed by atoms with Crippen molar-refractivity contribution in [3.8, 4) is 56.0 Å². The number of halogens is 1. The zero-order chi connectivity index (χ0) is 46.5. The van der Waals surface area contributed by atoms with Gasteiger partial charge in [-0.15, -0.1) is 11.3 Å². The zero-order valence-corrected chi connectivity index (χ0v) is 39.9. The summed E-state index contributed by atoms with van der Waals surface area (Å²) in [6.45, 7) is 2.33. The number of thiophene rings is 1. The predicted octanol–water partition coefficient (Wildman–Crippen LogP) is 19.2. The van der Waals surface area contributed by atoms with Crippen LogP contribution >= 0.6 is 22.9 Å².